The van der Waals surface area contributed by atoms with Gasteiger partial charge in [-0.2, -0.15) is 13.2 Å². The maximum atomic E-state index is 12.9. The van der Waals surface area contributed by atoms with Gasteiger partial charge in [0.15, 0.2) is 12.2 Å². The largest absolute Gasteiger partial charge is 0.478 e. The Balaban J connectivity index is 2.74. The van der Waals surface area contributed by atoms with Gasteiger partial charge in [-0.15, -0.1) is 0 Å². The lowest BCUT2D eigenvalue weighted by Crippen LogP contribution is -2.11. The molecule has 3 N–H and O–H groups in total. The van der Waals surface area contributed by atoms with Crippen LogP contribution in [0.25, 0.3) is 11.3 Å². The van der Waals surface area contributed by atoms with E-state index in [1.807, 2.05) is 0 Å². The molecule has 0 atom stereocenters. The van der Waals surface area contributed by atoms with Crippen molar-refractivity contribution < 1.29 is 27.5 Å². The lowest BCUT2D eigenvalue weighted by atomic mass is 10.00. The van der Waals surface area contributed by atoms with E-state index in [0.717, 1.165) is 18.7 Å². The number of alkyl halides is 3. The van der Waals surface area contributed by atoms with Crippen LogP contribution in [-0.4, -0.2) is 16.1 Å². The highest BCUT2D eigenvalue weighted by molar-refractivity contribution is 5.95. The van der Waals surface area contributed by atoms with Crippen LogP contribution in [0.4, 0.5) is 18.9 Å². The fourth-order valence-corrected chi connectivity index (χ4v) is 1.59. The molecule has 0 spiro atoms. The summed E-state index contributed by atoms with van der Waals surface area (Å²) < 4.78 is 43.4. The second-order valence-corrected chi connectivity index (χ2v) is 3.65. The van der Waals surface area contributed by atoms with E-state index in [2.05, 4.69) is 4.98 Å². The first-order valence-corrected chi connectivity index (χ1v) is 4.93. The number of carboxylic acid groups (broad SMARTS) is 1. The SMILES string of the molecule is Nc1cc(C(F)(F)F)c(-c2cnco2)cc1C(=O)O. The molecule has 1 heterocycles. The number of halogens is 3. The van der Waals surface area contributed by atoms with Gasteiger partial charge in [-0.3, -0.25) is 0 Å². The number of hydrogen-bond acceptors (Lipinski definition) is 4. The fourth-order valence-electron chi connectivity index (χ4n) is 1.59. The average Bonchev–Trinajstić information content (AvgIpc) is 2.80. The molecule has 0 aliphatic carbocycles. The summed E-state index contributed by atoms with van der Waals surface area (Å²) in [7, 11) is 0. The number of nitrogen functional groups attached to an aromatic ring is 1. The maximum Gasteiger partial charge on any atom is 0.417 e. The zero-order valence-electron chi connectivity index (χ0n) is 9.23. The van der Waals surface area contributed by atoms with Gasteiger partial charge in [0.2, 0.25) is 0 Å². The Morgan fingerprint density at radius 2 is 2.05 bits per heavy atom. The summed E-state index contributed by atoms with van der Waals surface area (Å²) in [6.07, 6.45) is -2.67. The van der Waals surface area contributed by atoms with Crippen molar-refractivity contribution in [1.82, 2.24) is 4.98 Å². The summed E-state index contributed by atoms with van der Waals surface area (Å²) in [6.45, 7) is 0. The van der Waals surface area contributed by atoms with Crippen LogP contribution in [0.5, 0.6) is 0 Å². The Morgan fingerprint density at radius 3 is 2.53 bits per heavy atom. The van der Waals surface area contributed by atoms with Gasteiger partial charge < -0.3 is 15.3 Å². The van der Waals surface area contributed by atoms with Crippen LogP contribution in [0, 0.1) is 0 Å². The van der Waals surface area contributed by atoms with E-state index in [9.17, 15) is 18.0 Å². The molecule has 0 radical (unpaired) electrons. The molecule has 2 rings (SSSR count). The topological polar surface area (TPSA) is 89.4 Å². The standard InChI is InChI=1S/C11H7F3N2O3/c12-11(13,14)7-2-8(15)6(10(17)18)1-5(7)9-3-16-4-19-9/h1-4H,15H2,(H,17,18). The minimum atomic E-state index is -4.69. The molecule has 19 heavy (non-hydrogen) atoms. The van der Waals surface area contributed by atoms with Crippen molar-refractivity contribution in [3.8, 4) is 11.3 Å². The molecule has 0 saturated carbocycles. The monoisotopic (exact) mass is 272 g/mol. The second kappa shape index (κ2) is 4.30. The minimum absolute atomic E-state index is 0.185. The van der Waals surface area contributed by atoms with Crippen molar-refractivity contribution in [3.63, 3.8) is 0 Å². The van der Waals surface area contributed by atoms with Crippen molar-refractivity contribution in [1.29, 1.82) is 0 Å². The van der Waals surface area contributed by atoms with E-state index in [1.54, 1.807) is 0 Å². The lowest BCUT2D eigenvalue weighted by Gasteiger charge is -2.13. The zero-order valence-corrected chi connectivity index (χ0v) is 9.23. The first kappa shape index (κ1) is 12.9. The Labute approximate surface area is 104 Å². The number of carboxylic acids is 1. The fraction of sp³-hybridized carbons (Fsp3) is 0.0909. The average molecular weight is 272 g/mol. The Kier molecular flexibility index (Phi) is 2.93. The summed E-state index contributed by atoms with van der Waals surface area (Å²) in [6, 6.07) is 1.39. The molecule has 2 aromatic rings. The number of carbonyl (C=O) groups is 1. The number of anilines is 1. The molecule has 0 unspecified atom stereocenters. The number of benzene rings is 1. The van der Waals surface area contributed by atoms with E-state index in [-0.39, 0.29) is 5.76 Å². The van der Waals surface area contributed by atoms with Crippen LogP contribution in [-0.2, 0) is 6.18 Å². The van der Waals surface area contributed by atoms with Crippen LogP contribution in [0.3, 0.4) is 0 Å². The third kappa shape index (κ3) is 2.37. The number of hydrogen-bond donors (Lipinski definition) is 2. The van der Waals surface area contributed by atoms with Gasteiger partial charge in [0.25, 0.3) is 0 Å². The van der Waals surface area contributed by atoms with E-state index < -0.39 is 34.5 Å². The Hall–Kier alpha value is -2.51. The summed E-state index contributed by atoms with van der Waals surface area (Å²) in [5, 5.41) is 8.87. The van der Waals surface area contributed by atoms with Crippen molar-refractivity contribution >= 4 is 11.7 Å². The molecule has 0 saturated heterocycles. The highest BCUT2D eigenvalue weighted by Gasteiger charge is 2.35. The van der Waals surface area contributed by atoms with E-state index in [4.69, 9.17) is 15.3 Å². The van der Waals surface area contributed by atoms with Crippen molar-refractivity contribution in [3.05, 3.63) is 35.9 Å². The molecule has 0 aliphatic rings. The number of nitrogens with two attached hydrogens (primary N) is 1. The third-order valence-electron chi connectivity index (χ3n) is 2.42. The molecule has 0 amide bonds. The van der Waals surface area contributed by atoms with Crippen molar-refractivity contribution in [2.24, 2.45) is 0 Å². The maximum absolute atomic E-state index is 12.9. The van der Waals surface area contributed by atoms with Crippen molar-refractivity contribution in [2.45, 2.75) is 6.18 Å². The van der Waals surface area contributed by atoms with Gasteiger partial charge in [-0.1, -0.05) is 0 Å². The van der Waals surface area contributed by atoms with Gasteiger partial charge in [-0.05, 0) is 12.1 Å². The Bertz CT molecular complexity index is 621. The van der Waals surface area contributed by atoms with Gasteiger partial charge in [-0.25, -0.2) is 9.78 Å². The van der Waals surface area contributed by atoms with Crippen LogP contribution in [0.2, 0.25) is 0 Å². The first-order chi connectivity index (χ1) is 8.80. The van der Waals surface area contributed by atoms with Gasteiger partial charge in [0.1, 0.15) is 0 Å². The normalized spacial score (nSPS) is 11.5. The number of rotatable bonds is 2. The summed E-state index contributed by atoms with van der Waals surface area (Å²) >= 11 is 0. The number of oxazole rings is 1. The second-order valence-electron chi connectivity index (χ2n) is 3.65. The minimum Gasteiger partial charge on any atom is -0.478 e. The first-order valence-electron chi connectivity index (χ1n) is 4.93. The molecular formula is C11H7F3N2O3. The number of aromatic carboxylic acids is 1. The molecule has 100 valence electrons. The van der Waals surface area contributed by atoms with Gasteiger partial charge in [0.05, 0.1) is 17.3 Å². The smallest absolute Gasteiger partial charge is 0.417 e. The summed E-state index contributed by atoms with van der Waals surface area (Å²) in [5.41, 5.74) is 2.92. The molecule has 0 fully saturated rings. The van der Waals surface area contributed by atoms with E-state index in [1.165, 1.54) is 0 Å². The third-order valence-corrected chi connectivity index (χ3v) is 2.42. The number of nitrogens with zero attached hydrogens (tertiary/aromatic N) is 1. The van der Waals surface area contributed by atoms with Crippen LogP contribution in [0.1, 0.15) is 15.9 Å². The lowest BCUT2D eigenvalue weighted by molar-refractivity contribution is -0.137. The molecular weight excluding hydrogens is 265 g/mol. The van der Waals surface area contributed by atoms with Gasteiger partial charge >= 0.3 is 12.1 Å². The summed E-state index contributed by atoms with van der Waals surface area (Å²) in [4.78, 5) is 14.4. The highest BCUT2D eigenvalue weighted by Crippen LogP contribution is 2.39. The molecule has 1 aromatic heterocycles. The predicted molar refractivity (Wildman–Crippen MR) is 58.3 cm³/mol. The van der Waals surface area contributed by atoms with Crippen LogP contribution >= 0.6 is 0 Å². The summed E-state index contributed by atoms with van der Waals surface area (Å²) in [5.74, 6) is -1.61. The predicted octanol–water partition coefficient (Wildman–Crippen LogP) is 2.64. The molecule has 0 bridgehead atoms. The number of aromatic nitrogens is 1. The molecule has 5 nitrogen and oxygen atoms in total. The van der Waals surface area contributed by atoms with E-state index >= 15 is 0 Å². The van der Waals surface area contributed by atoms with Crippen molar-refractivity contribution in [2.75, 3.05) is 5.73 Å². The molecule has 8 heteroatoms. The Morgan fingerprint density at radius 1 is 1.37 bits per heavy atom. The van der Waals surface area contributed by atoms with E-state index in [0.29, 0.717) is 6.07 Å². The quantitative estimate of drug-likeness (QED) is 0.820. The zero-order chi connectivity index (χ0) is 14.2. The van der Waals surface area contributed by atoms with Crippen LogP contribution < -0.4 is 5.73 Å². The molecule has 1 aromatic carbocycles. The van der Waals surface area contributed by atoms with Crippen LogP contribution in [0.15, 0.2) is 29.1 Å². The highest BCUT2D eigenvalue weighted by atomic mass is 19.4. The molecule has 0 aliphatic heterocycles. The van der Waals surface area contributed by atoms with Gasteiger partial charge in [0, 0.05) is 11.3 Å².